The molecule has 0 unspecified atom stereocenters. The second kappa shape index (κ2) is 9.52. The van der Waals surface area contributed by atoms with E-state index in [1.54, 1.807) is 3.71 Å². The van der Waals surface area contributed by atoms with Crippen LogP contribution >= 0.6 is 23.9 Å². The maximum absolute atomic E-state index is 11.0. The molecule has 0 fully saturated rings. The molecule has 0 bridgehead atoms. The van der Waals surface area contributed by atoms with Gasteiger partial charge in [0.05, 0.1) is 0 Å². The van der Waals surface area contributed by atoms with E-state index in [-0.39, 0.29) is 6.03 Å². The molecule has 2 N–H and O–H groups in total. The van der Waals surface area contributed by atoms with E-state index < -0.39 is 0 Å². The molecular weight excluding hydrogens is 216 g/mol. The van der Waals surface area contributed by atoms with Crippen molar-refractivity contribution >= 4 is 29.9 Å². The number of hydrogen-bond donors (Lipinski definition) is 1. The van der Waals surface area contributed by atoms with Crippen molar-refractivity contribution < 1.29 is 4.79 Å². The minimum Gasteiger partial charge on any atom is -0.350 e. The molecule has 0 aromatic rings. The van der Waals surface area contributed by atoms with E-state index in [4.69, 9.17) is 5.73 Å². The number of amides is 2. The Kier molecular flexibility index (Phi) is 9.50. The van der Waals surface area contributed by atoms with E-state index in [9.17, 15) is 4.79 Å². The van der Waals surface area contributed by atoms with Crippen LogP contribution in [0.15, 0.2) is 0 Å². The second-order valence-corrected chi connectivity index (χ2v) is 5.26. The smallest absolute Gasteiger partial charge is 0.335 e. The molecule has 0 aliphatic rings. The Morgan fingerprint density at radius 1 is 1.14 bits per heavy atom. The number of rotatable bonds is 8. The summed E-state index contributed by atoms with van der Waals surface area (Å²) in [4.78, 5) is 11.0. The zero-order valence-corrected chi connectivity index (χ0v) is 10.6. The molecule has 0 radical (unpaired) electrons. The van der Waals surface area contributed by atoms with Crippen molar-refractivity contribution in [2.45, 2.75) is 39.5 Å². The molecule has 5 heteroatoms. The van der Waals surface area contributed by atoms with Crippen LogP contribution in [-0.4, -0.2) is 21.2 Å². The standard InChI is InChI=1S/C9H20N2OS2/c1-3-5-7-13-11(9(10)12)14-8-6-4-2/h3-8H2,1-2H3,(H2,10,12). The van der Waals surface area contributed by atoms with Gasteiger partial charge in [-0.2, -0.15) is 0 Å². The van der Waals surface area contributed by atoms with Crippen molar-refractivity contribution in [3.8, 4) is 0 Å². The molecule has 14 heavy (non-hydrogen) atoms. The zero-order chi connectivity index (χ0) is 10.8. The molecule has 0 heterocycles. The minimum atomic E-state index is -0.341. The van der Waals surface area contributed by atoms with Gasteiger partial charge < -0.3 is 5.73 Å². The maximum Gasteiger partial charge on any atom is 0.335 e. The molecule has 0 saturated heterocycles. The quantitative estimate of drug-likeness (QED) is 0.520. The number of primary amides is 1. The first-order valence-electron chi connectivity index (χ1n) is 5.07. The van der Waals surface area contributed by atoms with Gasteiger partial charge in [-0.25, -0.2) is 8.51 Å². The summed E-state index contributed by atoms with van der Waals surface area (Å²) >= 11 is 3.05. The van der Waals surface area contributed by atoms with Gasteiger partial charge in [-0.05, 0) is 36.7 Å². The van der Waals surface area contributed by atoms with Crippen molar-refractivity contribution in [3.63, 3.8) is 0 Å². The van der Waals surface area contributed by atoms with Crippen molar-refractivity contribution in [2.24, 2.45) is 5.73 Å². The zero-order valence-electron chi connectivity index (χ0n) is 8.99. The van der Waals surface area contributed by atoms with Crippen LogP contribution in [0.2, 0.25) is 0 Å². The largest absolute Gasteiger partial charge is 0.350 e. The maximum atomic E-state index is 11.0. The average Bonchev–Trinajstić information content (AvgIpc) is 2.15. The Balaban J connectivity index is 3.61. The van der Waals surface area contributed by atoms with Gasteiger partial charge in [-0.1, -0.05) is 26.7 Å². The highest BCUT2D eigenvalue weighted by Crippen LogP contribution is 2.23. The molecule has 84 valence electrons. The molecule has 0 aromatic carbocycles. The van der Waals surface area contributed by atoms with Crippen LogP contribution in [0.5, 0.6) is 0 Å². The summed E-state index contributed by atoms with van der Waals surface area (Å²) in [5.41, 5.74) is 5.25. The number of hydrogen-bond acceptors (Lipinski definition) is 3. The number of nitrogens with two attached hydrogens (primary N) is 1. The molecule has 0 aromatic heterocycles. The fraction of sp³-hybridized carbons (Fsp3) is 0.889. The third-order valence-electron chi connectivity index (χ3n) is 1.59. The van der Waals surface area contributed by atoms with Gasteiger partial charge in [0.1, 0.15) is 0 Å². The Hall–Kier alpha value is -0.0300. The number of nitrogens with zero attached hydrogens (tertiary/aromatic N) is 1. The highest BCUT2D eigenvalue weighted by Gasteiger charge is 2.09. The highest BCUT2D eigenvalue weighted by atomic mass is 32.2. The number of carbonyl (C=O) groups excluding carboxylic acids is 1. The van der Waals surface area contributed by atoms with Crippen molar-refractivity contribution in [1.82, 2.24) is 3.71 Å². The van der Waals surface area contributed by atoms with Gasteiger partial charge in [0, 0.05) is 11.5 Å². The average molecular weight is 236 g/mol. The van der Waals surface area contributed by atoms with Crippen LogP contribution in [0, 0.1) is 0 Å². The fourth-order valence-corrected chi connectivity index (χ4v) is 2.92. The van der Waals surface area contributed by atoms with Gasteiger partial charge in [0.15, 0.2) is 0 Å². The predicted molar refractivity (Wildman–Crippen MR) is 66.2 cm³/mol. The SMILES string of the molecule is CCCCSN(SCCCC)C(N)=O. The first-order valence-corrected chi connectivity index (χ1v) is 6.96. The summed E-state index contributed by atoms with van der Waals surface area (Å²) in [7, 11) is 0. The summed E-state index contributed by atoms with van der Waals surface area (Å²) in [5, 5.41) is 0. The molecule has 0 saturated carbocycles. The lowest BCUT2D eigenvalue weighted by Crippen LogP contribution is -2.24. The highest BCUT2D eigenvalue weighted by molar-refractivity contribution is 8.12. The molecule has 0 aliphatic carbocycles. The topological polar surface area (TPSA) is 46.3 Å². The van der Waals surface area contributed by atoms with E-state index in [0.29, 0.717) is 0 Å². The summed E-state index contributed by atoms with van der Waals surface area (Å²) in [5.74, 6) is 1.94. The van der Waals surface area contributed by atoms with Gasteiger partial charge in [-0.15, -0.1) is 0 Å². The van der Waals surface area contributed by atoms with Crippen molar-refractivity contribution in [1.29, 1.82) is 0 Å². The molecule has 0 rings (SSSR count). The Morgan fingerprint density at radius 2 is 1.57 bits per heavy atom. The van der Waals surface area contributed by atoms with Gasteiger partial charge >= 0.3 is 6.03 Å². The van der Waals surface area contributed by atoms with Crippen molar-refractivity contribution in [2.75, 3.05) is 11.5 Å². The Bertz CT molecular complexity index is 146. The molecule has 0 aliphatic heterocycles. The van der Waals surface area contributed by atoms with Crippen molar-refractivity contribution in [3.05, 3.63) is 0 Å². The monoisotopic (exact) mass is 236 g/mol. The summed E-state index contributed by atoms with van der Waals surface area (Å²) in [6.45, 7) is 4.28. The normalized spacial score (nSPS) is 10.1. The summed E-state index contributed by atoms with van der Waals surface area (Å²) in [6, 6.07) is -0.341. The van der Waals surface area contributed by atoms with Crippen LogP contribution in [0.3, 0.4) is 0 Å². The second-order valence-electron chi connectivity index (χ2n) is 2.97. The van der Waals surface area contributed by atoms with E-state index >= 15 is 0 Å². The third-order valence-corrected chi connectivity index (χ3v) is 4.00. The van der Waals surface area contributed by atoms with Crippen LogP contribution in [0.25, 0.3) is 0 Å². The van der Waals surface area contributed by atoms with E-state index in [1.165, 1.54) is 23.9 Å². The minimum absolute atomic E-state index is 0.341. The molecule has 0 atom stereocenters. The van der Waals surface area contributed by atoms with Crippen LogP contribution in [0.1, 0.15) is 39.5 Å². The lowest BCUT2D eigenvalue weighted by atomic mass is 10.4. The Morgan fingerprint density at radius 3 is 1.86 bits per heavy atom. The molecule has 0 spiro atoms. The lowest BCUT2D eigenvalue weighted by molar-refractivity contribution is 0.246. The molecular formula is C9H20N2OS2. The van der Waals surface area contributed by atoms with Gasteiger partial charge in [0.25, 0.3) is 0 Å². The van der Waals surface area contributed by atoms with Gasteiger partial charge in [-0.3, -0.25) is 0 Å². The first kappa shape index (κ1) is 14.0. The predicted octanol–water partition coefficient (Wildman–Crippen LogP) is 3.26. The molecule has 3 nitrogen and oxygen atoms in total. The first-order chi connectivity index (χ1) is 6.72. The fourth-order valence-electron chi connectivity index (χ4n) is 0.748. The van der Waals surface area contributed by atoms with E-state index in [2.05, 4.69) is 13.8 Å². The number of urea groups is 1. The van der Waals surface area contributed by atoms with E-state index in [0.717, 1.165) is 37.2 Å². The van der Waals surface area contributed by atoms with Crippen LogP contribution in [0.4, 0.5) is 4.79 Å². The summed E-state index contributed by atoms with van der Waals surface area (Å²) in [6.07, 6.45) is 4.56. The summed E-state index contributed by atoms with van der Waals surface area (Å²) < 4.78 is 1.60. The van der Waals surface area contributed by atoms with E-state index in [1.807, 2.05) is 0 Å². The Labute approximate surface area is 95.4 Å². The third kappa shape index (κ3) is 7.38. The molecule has 2 amide bonds. The van der Waals surface area contributed by atoms with Gasteiger partial charge in [0.2, 0.25) is 0 Å². The lowest BCUT2D eigenvalue weighted by Gasteiger charge is -2.16. The van der Waals surface area contributed by atoms with Crippen LogP contribution in [-0.2, 0) is 0 Å². The number of unbranched alkanes of at least 4 members (excludes halogenated alkanes) is 2. The number of carbonyl (C=O) groups is 1. The van der Waals surface area contributed by atoms with Crippen LogP contribution < -0.4 is 5.73 Å².